The zero-order chi connectivity index (χ0) is 10.5. The van der Waals surface area contributed by atoms with E-state index in [2.05, 4.69) is 9.97 Å². The molecule has 1 unspecified atom stereocenters. The van der Waals surface area contributed by atoms with Crippen molar-refractivity contribution in [2.24, 2.45) is 0 Å². The highest BCUT2D eigenvalue weighted by atomic mass is 35.5. The summed E-state index contributed by atoms with van der Waals surface area (Å²) < 4.78 is 11.0. The van der Waals surface area contributed by atoms with Crippen molar-refractivity contribution in [2.75, 3.05) is 13.2 Å². The third-order valence-electron chi connectivity index (χ3n) is 2.29. The van der Waals surface area contributed by atoms with Gasteiger partial charge in [-0.05, 0) is 30.9 Å². The molecule has 0 aliphatic carbocycles. The third kappa shape index (κ3) is 3.32. The molecule has 1 aliphatic rings. The Hall–Kier alpha value is -0.870. The molecule has 0 aromatic carbocycles. The van der Waals surface area contributed by atoms with Crippen LogP contribution in [0.5, 0.6) is 5.88 Å². The van der Waals surface area contributed by atoms with Crippen LogP contribution in [0.25, 0.3) is 0 Å². The van der Waals surface area contributed by atoms with Crippen LogP contribution in [-0.2, 0) is 4.74 Å². The van der Waals surface area contributed by atoms with Gasteiger partial charge in [-0.15, -0.1) is 0 Å². The lowest BCUT2D eigenvalue weighted by molar-refractivity contribution is -0.0119. The number of rotatable bonds is 3. The second kappa shape index (κ2) is 5.28. The Morgan fingerprint density at radius 1 is 1.53 bits per heavy atom. The molecule has 15 heavy (non-hydrogen) atoms. The lowest BCUT2D eigenvalue weighted by Gasteiger charge is -2.22. The topological polar surface area (TPSA) is 44.2 Å². The molecule has 0 N–H and O–H groups in total. The Morgan fingerprint density at radius 3 is 3.20 bits per heavy atom. The molecule has 2 rings (SSSR count). The Balaban J connectivity index is 1.81. The fraction of sp³-hybridized carbons (Fsp3) is 0.600. The fourth-order valence-electron chi connectivity index (χ4n) is 1.52. The summed E-state index contributed by atoms with van der Waals surface area (Å²) in [5.41, 5.74) is 0. The van der Waals surface area contributed by atoms with E-state index in [9.17, 15) is 0 Å². The van der Waals surface area contributed by atoms with E-state index in [-0.39, 0.29) is 11.4 Å². The summed E-state index contributed by atoms with van der Waals surface area (Å²) in [4.78, 5) is 7.71. The molecule has 1 atom stereocenters. The Labute approximate surface area is 93.6 Å². The maximum atomic E-state index is 5.63. The molecule has 1 fully saturated rings. The third-order valence-corrected chi connectivity index (χ3v) is 2.47. The van der Waals surface area contributed by atoms with Gasteiger partial charge in [0, 0.05) is 18.9 Å². The molecular formula is C10H13ClN2O2. The molecule has 5 heteroatoms. The van der Waals surface area contributed by atoms with E-state index in [0.717, 1.165) is 19.4 Å². The van der Waals surface area contributed by atoms with Crippen molar-refractivity contribution in [3.63, 3.8) is 0 Å². The van der Waals surface area contributed by atoms with Crippen molar-refractivity contribution in [1.29, 1.82) is 0 Å². The Morgan fingerprint density at radius 2 is 2.47 bits per heavy atom. The van der Waals surface area contributed by atoms with E-state index >= 15 is 0 Å². The summed E-state index contributed by atoms with van der Waals surface area (Å²) >= 11 is 5.63. The number of halogens is 1. The quantitative estimate of drug-likeness (QED) is 0.743. The van der Waals surface area contributed by atoms with Crippen LogP contribution in [0.15, 0.2) is 12.3 Å². The average Bonchev–Trinajstić information content (AvgIpc) is 2.28. The highest BCUT2D eigenvalue weighted by Crippen LogP contribution is 2.15. The summed E-state index contributed by atoms with van der Waals surface area (Å²) in [7, 11) is 0. The van der Waals surface area contributed by atoms with E-state index in [0.29, 0.717) is 12.5 Å². The maximum Gasteiger partial charge on any atom is 0.225 e. The van der Waals surface area contributed by atoms with E-state index in [1.165, 1.54) is 6.42 Å². The molecule has 4 nitrogen and oxygen atoms in total. The smallest absolute Gasteiger partial charge is 0.225 e. The van der Waals surface area contributed by atoms with Crippen molar-refractivity contribution < 1.29 is 9.47 Å². The van der Waals surface area contributed by atoms with E-state index in [4.69, 9.17) is 21.1 Å². The zero-order valence-electron chi connectivity index (χ0n) is 8.36. The SMILES string of the molecule is Clc1nccc(OCC2CCCCO2)n1. The van der Waals surface area contributed by atoms with Gasteiger partial charge in [-0.3, -0.25) is 0 Å². The van der Waals surface area contributed by atoms with Crippen LogP contribution in [0.1, 0.15) is 19.3 Å². The first-order valence-corrected chi connectivity index (χ1v) is 5.45. The van der Waals surface area contributed by atoms with Crippen LogP contribution in [-0.4, -0.2) is 29.3 Å². The predicted molar refractivity (Wildman–Crippen MR) is 56.1 cm³/mol. The Kier molecular flexibility index (Phi) is 3.75. The van der Waals surface area contributed by atoms with Gasteiger partial charge in [-0.1, -0.05) is 0 Å². The van der Waals surface area contributed by atoms with Gasteiger partial charge >= 0.3 is 0 Å². The molecular weight excluding hydrogens is 216 g/mol. The van der Waals surface area contributed by atoms with Crippen molar-refractivity contribution in [3.05, 3.63) is 17.5 Å². The van der Waals surface area contributed by atoms with Gasteiger partial charge in [0.2, 0.25) is 11.2 Å². The number of hydrogen-bond acceptors (Lipinski definition) is 4. The molecule has 0 amide bonds. The minimum absolute atomic E-state index is 0.187. The first-order valence-electron chi connectivity index (χ1n) is 5.07. The number of hydrogen-bond donors (Lipinski definition) is 0. The summed E-state index contributed by atoms with van der Waals surface area (Å²) in [6, 6.07) is 1.69. The highest BCUT2D eigenvalue weighted by molar-refractivity contribution is 6.28. The largest absolute Gasteiger partial charge is 0.475 e. The molecule has 0 radical (unpaired) electrons. The highest BCUT2D eigenvalue weighted by Gasteiger charge is 2.14. The lowest BCUT2D eigenvalue weighted by atomic mass is 10.1. The summed E-state index contributed by atoms with van der Waals surface area (Å²) in [5, 5.41) is 0.206. The Bertz CT molecular complexity index is 316. The maximum absolute atomic E-state index is 5.63. The van der Waals surface area contributed by atoms with Crippen LogP contribution in [0.4, 0.5) is 0 Å². The van der Waals surface area contributed by atoms with Gasteiger partial charge in [0.25, 0.3) is 0 Å². The molecule has 1 aliphatic heterocycles. The van der Waals surface area contributed by atoms with E-state index < -0.39 is 0 Å². The van der Waals surface area contributed by atoms with Gasteiger partial charge in [0.05, 0.1) is 6.10 Å². The molecule has 1 saturated heterocycles. The molecule has 0 saturated carbocycles. The van der Waals surface area contributed by atoms with Crippen LogP contribution in [0, 0.1) is 0 Å². The lowest BCUT2D eigenvalue weighted by Crippen LogP contribution is -2.26. The van der Waals surface area contributed by atoms with Crippen molar-refractivity contribution >= 4 is 11.6 Å². The number of nitrogens with zero attached hydrogens (tertiary/aromatic N) is 2. The van der Waals surface area contributed by atoms with Gasteiger partial charge in [-0.25, -0.2) is 4.98 Å². The van der Waals surface area contributed by atoms with Crippen LogP contribution >= 0.6 is 11.6 Å². The molecule has 2 heterocycles. The van der Waals surface area contributed by atoms with E-state index in [1.54, 1.807) is 12.3 Å². The average molecular weight is 229 g/mol. The number of aromatic nitrogens is 2. The van der Waals surface area contributed by atoms with Crippen LogP contribution in [0.2, 0.25) is 5.28 Å². The van der Waals surface area contributed by atoms with Crippen molar-refractivity contribution in [3.8, 4) is 5.88 Å². The second-order valence-corrected chi connectivity index (χ2v) is 3.80. The number of ether oxygens (including phenoxy) is 2. The standard InChI is InChI=1S/C10H13ClN2O2/c11-10-12-5-4-9(13-10)15-7-8-3-1-2-6-14-8/h4-5,8H,1-3,6-7H2. The van der Waals surface area contributed by atoms with Gasteiger partial charge in [0.1, 0.15) is 6.61 Å². The second-order valence-electron chi connectivity index (χ2n) is 3.46. The van der Waals surface area contributed by atoms with Crippen molar-refractivity contribution in [2.45, 2.75) is 25.4 Å². The minimum Gasteiger partial charge on any atom is -0.475 e. The monoisotopic (exact) mass is 228 g/mol. The minimum atomic E-state index is 0.187. The molecule has 1 aromatic heterocycles. The molecule has 0 spiro atoms. The zero-order valence-corrected chi connectivity index (χ0v) is 9.11. The molecule has 82 valence electrons. The normalized spacial score (nSPS) is 21.3. The van der Waals surface area contributed by atoms with Gasteiger partial charge < -0.3 is 9.47 Å². The molecule has 1 aromatic rings. The van der Waals surface area contributed by atoms with Gasteiger partial charge in [-0.2, -0.15) is 4.98 Å². The van der Waals surface area contributed by atoms with E-state index in [1.807, 2.05) is 0 Å². The van der Waals surface area contributed by atoms with Gasteiger partial charge in [0.15, 0.2) is 0 Å². The predicted octanol–water partition coefficient (Wildman–Crippen LogP) is 2.08. The summed E-state index contributed by atoms with van der Waals surface area (Å²) in [6.45, 7) is 1.37. The summed E-state index contributed by atoms with van der Waals surface area (Å²) in [5.74, 6) is 0.504. The van der Waals surface area contributed by atoms with Crippen LogP contribution in [0.3, 0.4) is 0 Å². The fourth-order valence-corrected chi connectivity index (χ4v) is 1.66. The molecule has 0 bridgehead atoms. The summed E-state index contributed by atoms with van der Waals surface area (Å²) in [6.07, 6.45) is 5.17. The van der Waals surface area contributed by atoms with Crippen molar-refractivity contribution in [1.82, 2.24) is 9.97 Å². The first kappa shape index (κ1) is 10.6. The first-order chi connectivity index (χ1) is 7.34. The van der Waals surface area contributed by atoms with Crippen LogP contribution < -0.4 is 4.74 Å².